The van der Waals surface area contributed by atoms with E-state index >= 15 is 0 Å². The number of hydrogen-bond donors (Lipinski definition) is 1. The Morgan fingerprint density at radius 3 is 2.73 bits per heavy atom. The monoisotopic (exact) mass is 450 g/mol. The quantitative estimate of drug-likeness (QED) is 0.567. The highest BCUT2D eigenvalue weighted by Crippen LogP contribution is 2.16. The molecule has 1 aromatic heterocycles. The van der Waals surface area contributed by atoms with E-state index in [9.17, 15) is 9.59 Å². The summed E-state index contributed by atoms with van der Waals surface area (Å²) in [6, 6.07) is 15.3. The minimum atomic E-state index is -0.328. The largest absolute Gasteiger partial charge is 0.492 e. The number of nitrogens with zero attached hydrogens (tertiary/aromatic N) is 3. The molecule has 2 heterocycles. The average molecular weight is 451 g/mol. The smallest absolute Gasteiger partial charge is 0.274 e. The van der Waals surface area contributed by atoms with E-state index in [0.717, 1.165) is 43.9 Å². The second-order valence-corrected chi connectivity index (χ2v) is 8.33. The molecular formula is C25H30N4O4. The zero-order valence-electron chi connectivity index (χ0n) is 19.1. The molecule has 2 aromatic carbocycles. The molecule has 8 nitrogen and oxygen atoms in total. The van der Waals surface area contributed by atoms with Gasteiger partial charge in [-0.25, -0.2) is 4.68 Å². The molecular weight excluding hydrogens is 420 g/mol. The van der Waals surface area contributed by atoms with E-state index in [4.69, 9.17) is 9.47 Å². The van der Waals surface area contributed by atoms with Crippen LogP contribution < -0.4 is 15.6 Å². The number of nitrogens with one attached hydrogen (secondary N) is 1. The van der Waals surface area contributed by atoms with Crippen molar-refractivity contribution in [1.82, 2.24) is 20.0 Å². The number of fused-ring (bicyclic) bond motifs is 1. The van der Waals surface area contributed by atoms with E-state index in [1.165, 1.54) is 4.68 Å². The summed E-state index contributed by atoms with van der Waals surface area (Å²) in [5.74, 6) is 0.444. The van der Waals surface area contributed by atoms with Crippen molar-refractivity contribution >= 4 is 16.7 Å². The van der Waals surface area contributed by atoms with Gasteiger partial charge in [-0.05, 0) is 43.7 Å². The Labute approximate surface area is 193 Å². The molecule has 1 aliphatic rings. The Morgan fingerprint density at radius 2 is 1.94 bits per heavy atom. The molecule has 1 N–H and O–H groups in total. The lowest BCUT2D eigenvalue weighted by Crippen LogP contribution is -2.38. The van der Waals surface area contributed by atoms with Gasteiger partial charge in [0, 0.05) is 44.8 Å². The maximum atomic E-state index is 12.8. The van der Waals surface area contributed by atoms with E-state index < -0.39 is 0 Å². The summed E-state index contributed by atoms with van der Waals surface area (Å²) in [6.45, 7) is 3.42. The molecule has 0 aliphatic carbocycles. The third-order valence-electron chi connectivity index (χ3n) is 6.05. The molecule has 0 radical (unpaired) electrons. The molecule has 1 amide bonds. The van der Waals surface area contributed by atoms with Crippen LogP contribution in [0.15, 0.2) is 53.3 Å². The van der Waals surface area contributed by atoms with E-state index in [1.807, 2.05) is 24.3 Å². The normalized spacial score (nSPS) is 14.5. The highest BCUT2D eigenvalue weighted by molar-refractivity contribution is 6.04. The third-order valence-corrected chi connectivity index (χ3v) is 6.05. The molecule has 0 unspecified atom stereocenters. The lowest BCUT2D eigenvalue weighted by molar-refractivity contribution is 0.0392. The molecule has 33 heavy (non-hydrogen) atoms. The summed E-state index contributed by atoms with van der Waals surface area (Å²) in [5, 5.41) is 8.11. The van der Waals surface area contributed by atoms with Crippen molar-refractivity contribution in [3.8, 4) is 5.75 Å². The average Bonchev–Trinajstić information content (AvgIpc) is 2.85. The summed E-state index contributed by atoms with van der Waals surface area (Å²) < 4.78 is 12.6. The maximum absolute atomic E-state index is 12.8. The van der Waals surface area contributed by atoms with Crippen LogP contribution in [0.5, 0.6) is 5.75 Å². The van der Waals surface area contributed by atoms with Crippen molar-refractivity contribution in [2.45, 2.75) is 25.4 Å². The van der Waals surface area contributed by atoms with Crippen molar-refractivity contribution in [3.05, 3.63) is 70.1 Å². The first-order valence-corrected chi connectivity index (χ1v) is 11.3. The predicted molar refractivity (Wildman–Crippen MR) is 127 cm³/mol. The van der Waals surface area contributed by atoms with Crippen LogP contribution in [0.3, 0.4) is 0 Å². The van der Waals surface area contributed by atoms with Crippen molar-refractivity contribution in [2.75, 3.05) is 33.4 Å². The van der Waals surface area contributed by atoms with Crippen LogP contribution in [0.25, 0.3) is 10.8 Å². The van der Waals surface area contributed by atoms with Crippen LogP contribution in [0.4, 0.5) is 0 Å². The van der Waals surface area contributed by atoms with Crippen molar-refractivity contribution in [3.63, 3.8) is 0 Å². The lowest BCUT2D eigenvalue weighted by Gasteiger charge is -2.31. The topological polar surface area (TPSA) is 85.7 Å². The first-order valence-electron chi connectivity index (χ1n) is 11.3. The SMILES string of the molecule is CN(CCOc1cccc(CNC(=O)c2nn(C)c(=O)c3ccccc23)c1)C1CCOCC1. The molecule has 3 aromatic rings. The van der Waals surface area contributed by atoms with Crippen LogP contribution in [0.2, 0.25) is 0 Å². The fourth-order valence-corrected chi connectivity index (χ4v) is 4.09. The van der Waals surface area contributed by atoms with Gasteiger partial charge >= 0.3 is 0 Å². The molecule has 0 atom stereocenters. The van der Waals surface area contributed by atoms with Gasteiger partial charge in [0.1, 0.15) is 12.4 Å². The van der Waals surface area contributed by atoms with Gasteiger partial charge in [0.15, 0.2) is 5.69 Å². The van der Waals surface area contributed by atoms with E-state index in [0.29, 0.717) is 30.0 Å². The Hall–Kier alpha value is -3.23. The summed E-state index contributed by atoms with van der Waals surface area (Å²) >= 11 is 0. The van der Waals surface area contributed by atoms with Crippen molar-refractivity contribution in [1.29, 1.82) is 0 Å². The molecule has 1 aliphatic heterocycles. The minimum absolute atomic E-state index is 0.227. The Morgan fingerprint density at radius 1 is 1.18 bits per heavy atom. The summed E-state index contributed by atoms with van der Waals surface area (Å²) in [4.78, 5) is 27.5. The van der Waals surface area contributed by atoms with Gasteiger partial charge in [0.25, 0.3) is 11.5 Å². The van der Waals surface area contributed by atoms with E-state index in [1.54, 1.807) is 31.3 Å². The molecule has 174 valence electrons. The Balaban J connectivity index is 1.34. The van der Waals surface area contributed by atoms with Crippen molar-refractivity contribution in [2.24, 2.45) is 7.05 Å². The second kappa shape index (κ2) is 10.6. The first kappa shape index (κ1) is 22.9. The first-order chi connectivity index (χ1) is 16.0. The fraction of sp³-hybridized carbons (Fsp3) is 0.400. The van der Waals surface area contributed by atoms with Crippen LogP contribution in [-0.2, 0) is 18.3 Å². The number of benzene rings is 2. The Bertz CT molecular complexity index is 1170. The number of amides is 1. The molecule has 8 heteroatoms. The van der Waals surface area contributed by atoms with Crippen LogP contribution in [-0.4, -0.2) is 60.0 Å². The minimum Gasteiger partial charge on any atom is -0.492 e. The van der Waals surface area contributed by atoms with Crippen LogP contribution in [0.1, 0.15) is 28.9 Å². The number of aromatic nitrogens is 2. The maximum Gasteiger partial charge on any atom is 0.274 e. The number of carbonyl (C=O) groups is 1. The second-order valence-electron chi connectivity index (χ2n) is 8.33. The number of carbonyl (C=O) groups excluding carboxylic acids is 1. The summed E-state index contributed by atoms with van der Waals surface area (Å²) in [6.07, 6.45) is 2.12. The zero-order valence-corrected chi connectivity index (χ0v) is 19.1. The predicted octanol–water partition coefficient (Wildman–Crippen LogP) is 2.35. The third kappa shape index (κ3) is 5.58. The number of hydrogen-bond acceptors (Lipinski definition) is 6. The molecule has 0 bridgehead atoms. The van der Waals surface area contributed by atoms with Gasteiger partial charge in [0.05, 0.1) is 5.39 Å². The van der Waals surface area contributed by atoms with E-state index in [-0.39, 0.29) is 17.2 Å². The standard InChI is InChI=1S/C25H30N4O4/c1-28(19-10-13-32-14-11-19)12-15-33-20-7-5-6-18(16-20)17-26-24(30)23-21-8-3-4-9-22(21)25(31)29(2)27-23/h3-9,16,19H,10-15,17H2,1-2H3,(H,26,30). The van der Waals surface area contributed by atoms with Gasteiger partial charge in [-0.1, -0.05) is 30.3 Å². The van der Waals surface area contributed by atoms with Gasteiger partial charge in [0.2, 0.25) is 0 Å². The van der Waals surface area contributed by atoms with Crippen LogP contribution >= 0.6 is 0 Å². The Kier molecular flexibility index (Phi) is 7.36. The van der Waals surface area contributed by atoms with Gasteiger partial charge < -0.3 is 14.8 Å². The molecule has 1 saturated heterocycles. The highest BCUT2D eigenvalue weighted by Gasteiger charge is 2.18. The fourth-order valence-electron chi connectivity index (χ4n) is 4.09. The molecule has 1 fully saturated rings. The zero-order chi connectivity index (χ0) is 23.2. The molecule has 4 rings (SSSR count). The van der Waals surface area contributed by atoms with Crippen LogP contribution in [0, 0.1) is 0 Å². The van der Waals surface area contributed by atoms with Gasteiger partial charge in [-0.2, -0.15) is 5.10 Å². The summed E-state index contributed by atoms with van der Waals surface area (Å²) in [5.41, 5.74) is 0.929. The van der Waals surface area contributed by atoms with Crippen molar-refractivity contribution < 1.29 is 14.3 Å². The molecule has 0 spiro atoms. The number of ether oxygens (including phenoxy) is 2. The summed E-state index contributed by atoms with van der Waals surface area (Å²) in [7, 11) is 3.67. The van der Waals surface area contributed by atoms with E-state index in [2.05, 4.69) is 22.4 Å². The van der Waals surface area contributed by atoms with Gasteiger partial charge in [-0.15, -0.1) is 0 Å². The number of likely N-dealkylation sites (N-methyl/N-ethyl adjacent to an activating group) is 1. The molecule has 0 saturated carbocycles. The highest BCUT2D eigenvalue weighted by atomic mass is 16.5. The number of rotatable bonds is 8. The lowest BCUT2D eigenvalue weighted by atomic mass is 10.1. The number of aryl methyl sites for hydroxylation is 1. The van der Waals surface area contributed by atoms with Gasteiger partial charge in [-0.3, -0.25) is 14.5 Å².